The number of nitrogens with zero attached hydrogens (tertiary/aromatic N) is 2. The minimum Gasteiger partial charge on any atom is -0.454 e. The summed E-state index contributed by atoms with van der Waals surface area (Å²) in [5.74, 6) is 0.791. The third-order valence-corrected chi connectivity index (χ3v) is 4.12. The minimum absolute atomic E-state index is 0.203. The average molecular weight is 313 g/mol. The van der Waals surface area contributed by atoms with Crippen LogP contribution in [0, 0.1) is 0 Å². The van der Waals surface area contributed by atoms with Crippen molar-refractivity contribution in [3.63, 3.8) is 0 Å². The third kappa shape index (κ3) is 3.46. The summed E-state index contributed by atoms with van der Waals surface area (Å²) < 4.78 is 7.76. The number of nitrogens with one attached hydrogen (secondary N) is 1. The molecule has 2 N–H and O–H groups in total. The van der Waals surface area contributed by atoms with Gasteiger partial charge in [0.05, 0.1) is 0 Å². The van der Waals surface area contributed by atoms with Crippen LogP contribution in [0.1, 0.15) is 25.3 Å². The Morgan fingerprint density at radius 1 is 1.35 bits per heavy atom. The number of aliphatic hydroxyl groups is 1. The lowest BCUT2D eigenvalue weighted by Crippen LogP contribution is -2.28. The van der Waals surface area contributed by atoms with Crippen molar-refractivity contribution in [1.29, 1.82) is 0 Å². The number of fused-ring (bicyclic) bond motifs is 1. The summed E-state index contributed by atoms with van der Waals surface area (Å²) in [4.78, 5) is 0. The van der Waals surface area contributed by atoms with Gasteiger partial charge in [0.15, 0.2) is 5.76 Å². The molecule has 122 valence electrons. The van der Waals surface area contributed by atoms with Gasteiger partial charge < -0.3 is 14.8 Å². The summed E-state index contributed by atoms with van der Waals surface area (Å²) in [5, 5.41) is 18.2. The molecule has 0 bridgehead atoms. The number of benzene rings is 1. The highest BCUT2D eigenvalue weighted by Crippen LogP contribution is 2.29. The Morgan fingerprint density at radius 2 is 2.17 bits per heavy atom. The lowest BCUT2D eigenvalue weighted by Gasteiger charge is -2.15. The van der Waals surface area contributed by atoms with Crippen LogP contribution in [-0.4, -0.2) is 27.5 Å². The number of aromatic nitrogens is 2. The maximum Gasteiger partial charge on any atom is 0.156 e. The summed E-state index contributed by atoms with van der Waals surface area (Å²) in [6.45, 7) is 3.03. The number of furan rings is 1. The number of hydrogen-bond donors (Lipinski definition) is 2. The van der Waals surface area contributed by atoms with E-state index >= 15 is 0 Å². The van der Waals surface area contributed by atoms with Crippen molar-refractivity contribution in [2.75, 3.05) is 6.61 Å². The zero-order valence-electron chi connectivity index (χ0n) is 13.6. The zero-order chi connectivity index (χ0) is 16.2. The topological polar surface area (TPSA) is 63.2 Å². The minimum atomic E-state index is 0.203. The van der Waals surface area contributed by atoms with E-state index in [2.05, 4.69) is 17.3 Å². The van der Waals surface area contributed by atoms with Crippen molar-refractivity contribution in [3.05, 3.63) is 42.1 Å². The molecule has 1 atom stereocenters. The van der Waals surface area contributed by atoms with Gasteiger partial charge in [0, 0.05) is 43.4 Å². The molecule has 0 amide bonds. The number of aliphatic hydroxyl groups excluding tert-OH is 1. The quantitative estimate of drug-likeness (QED) is 0.703. The van der Waals surface area contributed by atoms with E-state index in [1.54, 1.807) is 0 Å². The number of para-hydroxylation sites is 1. The van der Waals surface area contributed by atoms with E-state index in [0.29, 0.717) is 12.6 Å². The normalized spacial score (nSPS) is 12.8. The Bertz CT molecular complexity index is 743. The van der Waals surface area contributed by atoms with Gasteiger partial charge in [-0.15, -0.1) is 0 Å². The van der Waals surface area contributed by atoms with Gasteiger partial charge in [-0.3, -0.25) is 4.68 Å². The van der Waals surface area contributed by atoms with Crippen molar-refractivity contribution >= 4 is 11.0 Å². The highest BCUT2D eigenvalue weighted by molar-refractivity contribution is 5.82. The van der Waals surface area contributed by atoms with Crippen LogP contribution in [0.15, 0.2) is 40.9 Å². The summed E-state index contributed by atoms with van der Waals surface area (Å²) in [6, 6.07) is 10.3. The van der Waals surface area contributed by atoms with E-state index in [0.717, 1.165) is 40.8 Å². The first kappa shape index (κ1) is 15.8. The van der Waals surface area contributed by atoms with Crippen LogP contribution in [-0.2, 0) is 13.6 Å². The predicted molar refractivity (Wildman–Crippen MR) is 91.0 cm³/mol. The molecule has 0 aliphatic heterocycles. The molecule has 0 spiro atoms. The summed E-state index contributed by atoms with van der Waals surface area (Å²) in [6.07, 6.45) is 3.76. The molecule has 0 saturated heterocycles. The molecule has 2 aromatic heterocycles. The average Bonchev–Trinajstić information content (AvgIpc) is 3.14. The molecule has 5 nitrogen and oxygen atoms in total. The molecule has 1 unspecified atom stereocenters. The maximum absolute atomic E-state index is 9.11. The van der Waals surface area contributed by atoms with Crippen molar-refractivity contribution in [3.8, 4) is 11.5 Å². The molecule has 0 fully saturated rings. The lowest BCUT2D eigenvalue weighted by atomic mass is 10.1. The van der Waals surface area contributed by atoms with Crippen molar-refractivity contribution < 1.29 is 9.52 Å². The largest absolute Gasteiger partial charge is 0.454 e. The SMILES string of the molecule is CCC(CCO)NCc1cn(C)nc1-c1cc2ccccc2o1. The predicted octanol–water partition coefficient (Wildman–Crippen LogP) is 3.08. The van der Waals surface area contributed by atoms with Gasteiger partial charge in [-0.05, 0) is 25.0 Å². The summed E-state index contributed by atoms with van der Waals surface area (Å²) >= 11 is 0. The molecule has 0 radical (unpaired) electrons. The lowest BCUT2D eigenvalue weighted by molar-refractivity contribution is 0.262. The molecule has 23 heavy (non-hydrogen) atoms. The van der Waals surface area contributed by atoms with E-state index in [9.17, 15) is 0 Å². The number of aryl methyl sites for hydroxylation is 1. The van der Waals surface area contributed by atoms with Crippen molar-refractivity contribution in [2.45, 2.75) is 32.4 Å². The van der Waals surface area contributed by atoms with Crippen LogP contribution in [0.2, 0.25) is 0 Å². The Labute approximate surface area is 135 Å². The number of hydrogen-bond acceptors (Lipinski definition) is 4. The Balaban J connectivity index is 1.85. The second kappa shape index (κ2) is 6.98. The first-order chi connectivity index (χ1) is 11.2. The third-order valence-electron chi connectivity index (χ3n) is 4.12. The monoisotopic (exact) mass is 313 g/mol. The van der Waals surface area contributed by atoms with Gasteiger partial charge in [-0.25, -0.2) is 0 Å². The van der Waals surface area contributed by atoms with Crippen LogP contribution < -0.4 is 5.32 Å². The Hall–Kier alpha value is -2.11. The van der Waals surface area contributed by atoms with E-state index in [1.165, 1.54) is 0 Å². The van der Waals surface area contributed by atoms with E-state index in [-0.39, 0.29) is 6.61 Å². The molecule has 3 aromatic rings. The molecule has 0 aliphatic carbocycles. The van der Waals surface area contributed by atoms with Crippen LogP contribution in [0.5, 0.6) is 0 Å². The molecule has 3 rings (SSSR count). The molecular weight excluding hydrogens is 290 g/mol. The van der Waals surface area contributed by atoms with Crippen LogP contribution in [0.4, 0.5) is 0 Å². The van der Waals surface area contributed by atoms with E-state index in [1.807, 2.05) is 48.3 Å². The van der Waals surface area contributed by atoms with Gasteiger partial charge in [0.2, 0.25) is 0 Å². The second-order valence-corrected chi connectivity index (χ2v) is 5.82. The fourth-order valence-corrected chi connectivity index (χ4v) is 2.83. The van der Waals surface area contributed by atoms with Gasteiger partial charge in [0.25, 0.3) is 0 Å². The van der Waals surface area contributed by atoms with Crippen LogP contribution >= 0.6 is 0 Å². The molecular formula is C18H23N3O2. The smallest absolute Gasteiger partial charge is 0.156 e. The van der Waals surface area contributed by atoms with Crippen molar-refractivity contribution in [1.82, 2.24) is 15.1 Å². The standard InChI is InChI=1S/C18H23N3O2/c1-3-15(8-9-22)19-11-14-12-21(2)20-18(14)17-10-13-6-4-5-7-16(13)23-17/h4-7,10,12,15,19,22H,3,8-9,11H2,1-2H3. The highest BCUT2D eigenvalue weighted by atomic mass is 16.3. The molecule has 5 heteroatoms. The van der Waals surface area contributed by atoms with Gasteiger partial charge >= 0.3 is 0 Å². The fourth-order valence-electron chi connectivity index (χ4n) is 2.83. The van der Waals surface area contributed by atoms with Gasteiger partial charge in [-0.1, -0.05) is 25.1 Å². The van der Waals surface area contributed by atoms with Crippen molar-refractivity contribution in [2.24, 2.45) is 7.05 Å². The first-order valence-electron chi connectivity index (χ1n) is 8.07. The van der Waals surface area contributed by atoms with Gasteiger partial charge in [-0.2, -0.15) is 5.10 Å². The number of rotatable bonds is 7. The Morgan fingerprint density at radius 3 is 2.91 bits per heavy atom. The van der Waals surface area contributed by atoms with E-state index in [4.69, 9.17) is 9.52 Å². The van der Waals surface area contributed by atoms with E-state index < -0.39 is 0 Å². The zero-order valence-corrected chi connectivity index (χ0v) is 13.6. The second-order valence-electron chi connectivity index (χ2n) is 5.82. The maximum atomic E-state index is 9.11. The highest BCUT2D eigenvalue weighted by Gasteiger charge is 2.15. The molecule has 0 aliphatic rings. The molecule has 1 aromatic carbocycles. The Kier molecular flexibility index (Phi) is 4.79. The molecule has 0 saturated carbocycles. The summed E-state index contributed by atoms with van der Waals surface area (Å²) in [5.41, 5.74) is 2.84. The summed E-state index contributed by atoms with van der Waals surface area (Å²) in [7, 11) is 1.92. The fraction of sp³-hybridized carbons (Fsp3) is 0.389. The van der Waals surface area contributed by atoms with Crippen LogP contribution in [0.3, 0.4) is 0 Å². The molecule has 2 heterocycles. The van der Waals surface area contributed by atoms with Gasteiger partial charge in [0.1, 0.15) is 11.3 Å². The van der Waals surface area contributed by atoms with Crippen LogP contribution in [0.25, 0.3) is 22.4 Å². The first-order valence-corrected chi connectivity index (χ1v) is 8.07.